The van der Waals surface area contributed by atoms with Crippen LogP contribution in [-0.4, -0.2) is 63.4 Å². The first-order chi connectivity index (χ1) is 21.0. The number of hydrogen-bond acceptors (Lipinski definition) is 5. The van der Waals surface area contributed by atoms with Crippen molar-refractivity contribution in [3.8, 4) is 0 Å². The minimum absolute atomic E-state index is 0.0171. The largest absolute Gasteiger partial charge is 0.446 e. The Morgan fingerprint density at radius 1 is 1.11 bits per heavy atom. The molecule has 44 heavy (non-hydrogen) atoms. The molecule has 1 heterocycles. The van der Waals surface area contributed by atoms with Crippen LogP contribution in [0.15, 0.2) is 12.5 Å². The molecule has 0 radical (unpaired) electrons. The third-order valence-electron chi connectivity index (χ3n) is 13.7. The Balaban J connectivity index is 1.37. The number of aliphatic hydroxyl groups is 1. The number of ether oxygens (including phenoxy) is 1. The molecule has 4 aliphatic rings. The van der Waals surface area contributed by atoms with Crippen molar-refractivity contribution in [3.05, 3.63) is 18.2 Å². The van der Waals surface area contributed by atoms with Crippen molar-refractivity contribution in [2.24, 2.45) is 46.3 Å². The Hall–Kier alpha value is -1.60. The summed E-state index contributed by atoms with van der Waals surface area (Å²) in [7, 11) is 0. The Labute approximate surface area is 268 Å². The standard InChI is InChI=1S/C37H64N4O3/c1-8-41(9-2)34(42)44-28-15-19-36(7)32-16-18-35(6)30(26(5)12-10-11-25(3)4)13-14-31(35)29(32)21-33(37(36,43)22-28)39-20-17-27-23-38-24-40-27/h23-26,28-33,39,43H,8-22H2,1-7H3,(H,38,40)/t26?,28-,29?,30+,31?,32?,33+,35+,36+,37-/m0/s1. The van der Waals surface area contributed by atoms with Crippen molar-refractivity contribution < 1.29 is 14.6 Å². The highest BCUT2D eigenvalue weighted by atomic mass is 16.6. The third kappa shape index (κ3) is 6.22. The van der Waals surface area contributed by atoms with Gasteiger partial charge in [-0.15, -0.1) is 0 Å². The Kier molecular flexibility index (Phi) is 10.5. The topological polar surface area (TPSA) is 90.5 Å². The van der Waals surface area contributed by atoms with Gasteiger partial charge in [0.1, 0.15) is 6.10 Å². The van der Waals surface area contributed by atoms with E-state index in [2.05, 4.69) is 49.9 Å². The number of hydrogen-bond donors (Lipinski definition) is 3. The van der Waals surface area contributed by atoms with E-state index in [1.807, 2.05) is 20.0 Å². The fourth-order valence-electron chi connectivity index (χ4n) is 11.2. The predicted octanol–water partition coefficient (Wildman–Crippen LogP) is 7.60. The van der Waals surface area contributed by atoms with Gasteiger partial charge in [-0.2, -0.15) is 0 Å². The molecule has 4 unspecified atom stereocenters. The van der Waals surface area contributed by atoms with Gasteiger partial charge in [-0.3, -0.25) is 0 Å². The molecular formula is C37H64N4O3. The van der Waals surface area contributed by atoms with Crippen LogP contribution in [0.2, 0.25) is 0 Å². The second kappa shape index (κ2) is 13.6. The first-order valence-corrected chi connectivity index (χ1v) is 18.3. The van der Waals surface area contributed by atoms with Gasteiger partial charge in [0.05, 0.1) is 11.9 Å². The minimum Gasteiger partial charge on any atom is -0.446 e. The minimum atomic E-state index is -0.912. The van der Waals surface area contributed by atoms with E-state index in [1.54, 1.807) is 11.2 Å². The lowest BCUT2D eigenvalue weighted by molar-refractivity contribution is -0.234. The van der Waals surface area contributed by atoms with Crippen molar-refractivity contribution in [1.82, 2.24) is 20.2 Å². The Bertz CT molecular complexity index is 1070. The molecule has 5 rings (SSSR count). The first-order valence-electron chi connectivity index (χ1n) is 18.3. The van der Waals surface area contributed by atoms with Crippen LogP contribution in [0.4, 0.5) is 4.79 Å². The summed E-state index contributed by atoms with van der Waals surface area (Å²) in [5, 5.41) is 16.8. The van der Waals surface area contributed by atoms with E-state index < -0.39 is 5.60 Å². The van der Waals surface area contributed by atoms with E-state index >= 15 is 0 Å². The van der Waals surface area contributed by atoms with E-state index in [0.29, 0.717) is 36.8 Å². The number of carbonyl (C=O) groups excluding carboxylic acids is 1. The molecule has 4 fully saturated rings. The van der Waals surface area contributed by atoms with Crippen LogP contribution in [0.25, 0.3) is 0 Å². The zero-order chi connectivity index (χ0) is 31.7. The molecule has 7 nitrogen and oxygen atoms in total. The number of H-pyrrole nitrogens is 1. The molecule has 0 aromatic carbocycles. The molecule has 1 aromatic rings. The van der Waals surface area contributed by atoms with Gasteiger partial charge in [0.2, 0.25) is 0 Å². The number of nitrogens with zero attached hydrogens (tertiary/aromatic N) is 2. The van der Waals surface area contributed by atoms with Gasteiger partial charge in [0.15, 0.2) is 0 Å². The average Bonchev–Trinajstić information content (AvgIpc) is 3.62. The Morgan fingerprint density at radius 2 is 1.89 bits per heavy atom. The molecule has 0 saturated heterocycles. The zero-order valence-electron chi connectivity index (χ0n) is 29.0. The summed E-state index contributed by atoms with van der Waals surface area (Å²) in [6.45, 7) is 18.4. The van der Waals surface area contributed by atoms with Gasteiger partial charge < -0.3 is 25.0 Å². The number of carbonyl (C=O) groups is 1. The van der Waals surface area contributed by atoms with Crippen molar-refractivity contribution >= 4 is 6.09 Å². The van der Waals surface area contributed by atoms with Gasteiger partial charge in [-0.1, -0.05) is 53.9 Å². The van der Waals surface area contributed by atoms with Gasteiger partial charge in [0, 0.05) is 55.8 Å². The fourth-order valence-corrected chi connectivity index (χ4v) is 11.2. The van der Waals surface area contributed by atoms with Gasteiger partial charge in [0.25, 0.3) is 0 Å². The number of aromatic nitrogens is 2. The fraction of sp³-hybridized carbons (Fsp3) is 0.892. The molecule has 1 aromatic heterocycles. The van der Waals surface area contributed by atoms with Crippen LogP contribution in [0.1, 0.15) is 125 Å². The van der Waals surface area contributed by atoms with Crippen molar-refractivity contribution in [1.29, 1.82) is 0 Å². The molecule has 0 bridgehead atoms. The normalized spacial score (nSPS) is 38.9. The third-order valence-corrected chi connectivity index (χ3v) is 13.7. The lowest BCUT2D eigenvalue weighted by Gasteiger charge is -2.66. The van der Waals surface area contributed by atoms with E-state index in [0.717, 1.165) is 61.6 Å². The van der Waals surface area contributed by atoms with Crippen LogP contribution in [0, 0.1) is 46.3 Å². The van der Waals surface area contributed by atoms with E-state index in [4.69, 9.17) is 4.74 Å². The van der Waals surface area contributed by atoms with Crippen LogP contribution >= 0.6 is 0 Å². The van der Waals surface area contributed by atoms with Crippen molar-refractivity contribution in [2.75, 3.05) is 19.6 Å². The summed E-state index contributed by atoms with van der Waals surface area (Å²) in [4.78, 5) is 22.2. The highest BCUT2D eigenvalue weighted by Crippen LogP contribution is 2.69. The number of aromatic amines is 1. The summed E-state index contributed by atoms with van der Waals surface area (Å²) in [5.74, 6) is 4.28. The average molecular weight is 613 g/mol. The molecule has 250 valence electrons. The van der Waals surface area contributed by atoms with Gasteiger partial charge in [-0.25, -0.2) is 9.78 Å². The number of rotatable bonds is 12. The van der Waals surface area contributed by atoms with E-state index in [-0.39, 0.29) is 23.7 Å². The number of amides is 1. The summed E-state index contributed by atoms with van der Waals surface area (Å²) in [6.07, 6.45) is 16.6. The Morgan fingerprint density at radius 3 is 2.57 bits per heavy atom. The molecule has 1 amide bonds. The molecule has 0 spiro atoms. The molecule has 10 atom stereocenters. The van der Waals surface area contributed by atoms with Crippen molar-refractivity contribution in [2.45, 2.75) is 143 Å². The van der Waals surface area contributed by atoms with Crippen LogP contribution in [0.3, 0.4) is 0 Å². The number of imidazole rings is 1. The molecule has 4 aliphatic carbocycles. The smallest absolute Gasteiger partial charge is 0.410 e. The van der Waals surface area contributed by atoms with Crippen LogP contribution in [-0.2, 0) is 11.2 Å². The molecule has 7 heteroatoms. The SMILES string of the molecule is CCN(CC)C(=O)O[C@H]1CC[C@]2(C)C3CC[C@@]4(C)C(CC[C@@H]4C(C)CCCC(C)C)C3C[C@@H](NCCc3cnc[nH]3)[C@@]2(O)C1. The summed E-state index contributed by atoms with van der Waals surface area (Å²) in [6, 6.07) is -0.0171. The van der Waals surface area contributed by atoms with Gasteiger partial charge >= 0.3 is 6.09 Å². The van der Waals surface area contributed by atoms with E-state index in [9.17, 15) is 9.90 Å². The maximum absolute atomic E-state index is 13.0. The molecule has 0 aliphatic heterocycles. The van der Waals surface area contributed by atoms with E-state index in [1.165, 1.54) is 44.9 Å². The quantitative estimate of drug-likeness (QED) is 0.226. The zero-order valence-corrected chi connectivity index (χ0v) is 29.0. The lowest BCUT2D eigenvalue weighted by atomic mass is 9.42. The lowest BCUT2D eigenvalue weighted by Crippen LogP contribution is -2.71. The highest BCUT2D eigenvalue weighted by Gasteiger charge is 2.67. The second-order valence-corrected chi connectivity index (χ2v) is 16.2. The summed E-state index contributed by atoms with van der Waals surface area (Å²) >= 11 is 0. The van der Waals surface area contributed by atoms with Crippen LogP contribution < -0.4 is 5.32 Å². The number of nitrogens with one attached hydrogen (secondary N) is 2. The highest BCUT2D eigenvalue weighted by molar-refractivity contribution is 5.67. The predicted molar refractivity (Wildman–Crippen MR) is 177 cm³/mol. The number of fused-ring (bicyclic) bond motifs is 5. The molecule has 3 N–H and O–H groups in total. The molecule has 4 saturated carbocycles. The van der Waals surface area contributed by atoms with Crippen LogP contribution in [0.5, 0.6) is 0 Å². The van der Waals surface area contributed by atoms with Gasteiger partial charge in [-0.05, 0) is 99.7 Å². The molecular weight excluding hydrogens is 548 g/mol. The summed E-state index contributed by atoms with van der Waals surface area (Å²) in [5.41, 5.74) is 0.416. The maximum atomic E-state index is 13.0. The first kappa shape index (κ1) is 33.8. The maximum Gasteiger partial charge on any atom is 0.410 e. The monoisotopic (exact) mass is 612 g/mol. The van der Waals surface area contributed by atoms with Crippen molar-refractivity contribution in [3.63, 3.8) is 0 Å². The second-order valence-electron chi connectivity index (χ2n) is 16.2. The summed E-state index contributed by atoms with van der Waals surface area (Å²) < 4.78 is 6.10.